The smallest absolute Gasteiger partial charge is 0.146 e. The molecule has 0 saturated carbocycles. The molecule has 2 nitrogen and oxygen atoms in total. The van der Waals surface area contributed by atoms with Crippen LogP contribution in [0.15, 0.2) is 40.9 Å². The second-order valence-electron chi connectivity index (χ2n) is 4.74. The molecule has 2 aromatic rings. The van der Waals surface area contributed by atoms with E-state index in [-0.39, 0.29) is 11.9 Å². The first-order valence-corrected chi connectivity index (χ1v) is 7.16. The fourth-order valence-corrected chi connectivity index (χ4v) is 2.58. The molecule has 0 radical (unpaired) electrons. The monoisotopic (exact) mass is 337 g/mol. The van der Waals surface area contributed by atoms with E-state index < -0.39 is 0 Å². The summed E-state index contributed by atoms with van der Waals surface area (Å²) in [5, 5.41) is 3.20. The number of methoxy groups -OCH3 is 1. The van der Waals surface area contributed by atoms with E-state index in [1.54, 1.807) is 13.2 Å². The van der Waals surface area contributed by atoms with E-state index in [0.29, 0.717) is 5.69 Å². The van der Waals surface area contributed by atoms with Gasteiger partial charge in [-0.2, -0.15) is 0 Å². The fourth-order valence-electron chi connectivity index (χ4n) is 2.02. The Morgan fingerprint density at radius 3 is 2.60 bits per heavy atom. The second kappa shape index (κ2) is 6.27. The van der Waals surface area contributed by atoms with Crippen molar-refractivity contribution >= 4 is 21.6 Å². The lowest BCUT2D eigenvalue weighted by Crippen LogP contribution is -2.08. The highest BCUT2D eigenvalue weighted by molar-refractivity contribution is 9.10. The zero-order valence-corrected chi connectivity index (χ0v) is 13.3. The van der Waals surface area contributed by atoms with Crippen LogP contribution >= 0.6 is 15.9 Å². The van der Waals surface area contributed by atoms with Gasteiger partial charge < -0.3 is 10.1 Å². The minimum atomic E-state index is -0.241. The second-order valence-corrected chi connectivity index (χ2v) is 5.60. The molecule has 0 aliphatic heterocycles. The van der Waals surface area contributed by atoms with Crippen LogP contribution in [0.2, 0.25) is 0 Å². The average molecular weight is 338 g/mol. The molecule has 0 fully saturated rings. The van der Waals surface area contributed by atoms with Gasteiger partial charge in [-0.05, 0) is 65.2 Å². The van der Waals surface area contributed by atoms with Gasteiger partial charge in [0.25, 0.3) is 0 Å². The summed E-state index contributed by atoms with van der Waals surface area (Å²) >= 11 is 3.46. The van der Waals surface area contributed by atoms with Crippen LogP contribution in [-0.4, -0.2) is 7.11 Å². The van der Waals surface area contributed by atoms with Crippen molar-refractivity contribution in [3.8, 4) is 5.75 Å². The maximum absolute atomic E-state index is 13.8. The van der Waals surface area contributed by atoms with Crippen molar-refractivity contribution in [1.29, 1.82) is 0 Å². The van der Waals surface area contributed by atoms with Gasteiger partial charge in [0.15, 0.2) is 0 Å². The molecule has 0 aromatic heterocycles. The standard InChI is InChI=1S/C16H17BrFNO/c1-10-4-6-14(18)15(8-10)19-11(2)12-5-7-16(20-3)13(17)9-12/h4-9,11,19H,1-3H3. The molecule has 4 heteroatoms. The van der Waals surface area contributed by atoms with E-state index in [0.717, 1.165) is 21.3 Å². The zero-order valence-electron chi connectivity index (χ0n) is 11.7. The minimum absolute atomic E-state index is 0.00601. The molecule has 0 amide bonds. The predicted molar refractivity (Wildman–Crippen MR) is 83.9 cm³/mol. The highest BCUT2D eigenvalue weighted by atomic mass is 79.9. The summed E-state index contributed by atoms with van der Waals surface area (Å²) in [5.74, 6) is 0.540. The third-order valence-corrected chi connectivity index (χ3v) is 3.79. The number of anilines is 1. The number of rotatable bonds is 4. The highest BCUT2D eigenvalue weighted by Gasteiger charge is 2.10. The number of hydrogen-bond donors (Lipinski definition) is 1. The van der Waals surface area contributed by atoms with Crippen molar-refractivity contribution in [2.75, 3.05) is 12.4 Å². The van der Waals surface area contributed by atoms with Crippen LogP contribution in [0.4, 0.5) is 10.1 Å². The summed E-state index contributed by atoms with van der Waals surface area (Å²) in [7, 11) is 1.63. The lowest BCUT2D eigenvalue weighted by molar-refractivity contribution is 0.412. The molecule has 0 heterocycles. The van der Waals surface area contributed by atoms with E-state index in [9.17, 15) is 4.39 Å². The van der Waals surface area contributed by atoms with E-state index in [1.807, 2.05) is 38.1 Å². The molecule has 1 unspecified atom stereocenters. The zero-order chi connectivity index (χ0) is 14.7. The van der Waals surface area contributed by atoms with Crippen LogP contribution in [0.3, 0.4) is 0 Å². The van der Waals surface area contributed by atoms with Gasteiger partial charge in [-0.1, -0.05) is 12.1 Å². The van der Waals surface area contributed by atoms with E-state index in [1.165, 1.54) is 6.07 Å². The van der Waals surface area contributed by atoms with Gasteiger partial charge in [0.1, 0.15) is 11.6 Å². The van der Waals surface area contributed by atoms with Crippen LogP contribution in [0.25, 0.3) is 0 Å². The van der Waals surface area contributed by atoms with Crippen molar-refractivity contribution in [2.24, 2.45) is 0 Å². The first kappa shape index (κ1) is 14.9. The molecule has 20 heavy (non-hydrogen) atoms. The average Bonchev–Trinajstić information content (AvgIpc) is 2.42. The summed E-state index contributed by atoms with van der Waals surface area (Å²) in [6, 6.07) is 10.9. The summed E-state index contributed by atoms with van der Waals surface area (Å²) in [5.41, 5.74) is 2.60. The molecular weight excluding hydrogens is 321 g/mol. The predicted octanol–water partition coefficient (Wildman–Crippen LogP) is 5.08. The first-order chi connectivity index (χ1) is 9.51. The van der Waals surface area contributed by atoms with Gasteiger partial charge in [-0.15, -0.1) is 0 Å². The molecule has 0 spiro atoms. The number of aryl methyl sites for hydroxylation is 1. The molecule has 0 saturated heterocycles. The molecule has 0 bridgehead atoms. The van der Waals surface area contributed by atoms with Crippen molar-refractivity contribution in [3.05, 3.63) is 57.8 Å². The summed E-state index contributed by atoms with van der Waals surface area (Å²) in [6.45, 7) is 3.94. The molecule has 0 aliphatic rings. The Balaban J connectivity index is 2.21. The first-order valence-electron chi connectivity index (χ1n) is 6.37. The lowest BCUT2D eigenvalue weighted by atomic mass is 10.1. The Labute approximate surface area is 127 Å². The van der Waals surface area contributed by atoms with Gasteiger partial charge in [0.05, 0.1) is 17.3 Å². The Morgan fingerprint density at radius 2 is 1.95 bits per heavy atom. The van der Waals surface area contributed by atoms with Gasteiger partial charge in [-0.3, -0.25) is 0 Å². The molecule has 1 atom stereocenters. The maximum Gasteiger partial charge on any atom is 0.146 e. The Hall–Kier alpha value is -1.55. The van der Waals surface area contributed by atoms with Gasteiger partial charge >= 0.3 is 0 Å². The summed E-state index contributed by atoms with van der Waals surface area (Å²) in [6.07, 6.45) is 0. The molecule has 2 aromatic carbocycles. The van der Waals surface area contributed by atoms with Crippen LogP contribution in [0.5, 0.6) is 5.75 Å². The van der Waals surface area contributed by atoms with Crippen LogP contribution < -0.4 is 10.1 Å². The van der Waals surface area contributed by atoms with E-state index in [2.05, 4.69) is 21.2 Å². The van der Waals surface area contributed by atoms with Crippen molar-refractivity contribution < 1.29 is 9.13 Å². The fraction of sp³-hybridized carbons (Fsp3) is 0.250. The lowest BCUT2D eigenvalue weighted by Gasteiger charge is -2.17. The number of nitrogens with one attached hydrogen (secondary N) is 1. The maximum atomic E-state index is 13.8. The van der Waals surface area contributed by atoms with Gasteiger partial charge in [0.2, 0.25) is 0 Å². The molecule has 1 N–H and O–H groups in total. The van der Waals surface area contributed by atoms with Crippen LogP contribution in [-0.2, 0) is 0 Å². The van der Waals surface area contributed by atoms with Gasteiger partial charge in [-0.25, -0.2) is 4.39 Å². The van der Waals surface area contributed by atoms with Crippen LogP contribution in [0, 0.1) is 12.7 Å². The highest BCUT2D eigenvalue weighted by Crippen LogP contribution is 2.29. The number of ether oxygens (including phenoxy) is 1. The van der Waals surface area contributed by atoms with Crippen LogP contribution in [0.1, 0.15) is 24.1 Å². The molecular formula is C16H17BrFNO. The van der Waals surface area contributed by atoms with Crippen molar-refractivity contribution in [3.63, 3.8) is 0 Å². The molecule has 0 aliphatic carbocycles. The summed E-state index contributed by atoms with van der Waals surface area (Å²) < 4.78 is 19.8. The Morgan fingerprint density at radius 1 is 1.20 bits per heavy atom. The van der Waals surface area contributed by atoms with Crippen molar-refractivity contribution in [2.45, 2.75) is 19.9 Å². The quantitative estimate of drug-likeness (QED) is 0.840. The van der Waals surface area contributed by atoms with Crippen molar-refractivity contribution in [1.82, 2.24) is 0 Å². The number of halogens is 2. The number of hydrogen-bond acceptors (Lipinski definition) is 2. The Kier molecular flexibility index (Phi) is 4.65. The van der Waals surface area contributed by atoms with E-state index >= 15 is 0 Å². The Bertz CT molecular complexity index is 615. The topological polar surface area (TPSA) is 21.3 Å². The molecule has 2 rings (SSSR count). The third kappa shape index (κ3) is 3.31. The van der Waals surface area contributed by atoms with E-state index in [4.69, 9.17) is 4.74 Å². The third-order valence-electron chi connectivity index (χ3n) is 3.17. The largest absolute Gasteiger partial charge is 0.496 e. The normalized spacial score (nSPS) is 12.1. The number of benzene rings is 2. The molecule has 106 valence electrons. The van der Waals surface area contributed by atoms with Gasteiger partial charge in [0, 0.05) is 6.04 Å². The SMILES string of the molecule is COc1ccc(C(C)Nc2cc(C)ccc2F)cc1Br. The minimum Gasteiger partial charge on any atom is -0.496 e. The summed E-state index contributed by atoms with van der Waals surface area (Å²) in [4.78, 5) is 0.